The fourth-order valence-corrected chi connectivity index (χ4v) is 4.32. The van der Waals surface area contributed by atoms with Crippen LogP contribution in [-0.4, -0.2) is 24.8 Å². The highest BCUT2D eigenvalue weighted by Gasteiger charge is 2.41. The van der Waals surface area contributed by atoms with Crippen molar-refractivity contribution in [3.8, 4) is 5.75 Å². The van der Waals surface area contributed by atoms with Crippen molar-refractivity contribution < 1.29 is 4.74 Å². The molecule has 2 heterocycles. The number of rotatable bonds is 3. The molecule has 0 unspecified atom stereocenters. The molecular weight excluding hydrogens is 394 g/mol. The molecule has 5 rings (SSSR count). The largest absolute Gasteiger partial charge is 0.464 e. The van der Waals surface area contributed by atoms with Crippen molar-refractivity contribution in [1.29, 1.82) is 0 Å². The third-order valence-electron chi connectivity index (χ3n) is 5.83. The molecule has 0 amide bonds. The van der Waals surface area contributed by atoms with E-state index in [1.165, 1.54) is 5.56 Å². The Morgan fingerprint density at radius 1 is 1.00 bits per heavy atom. The predicted molar refractivity (Wildman–Crippen MR) is 123 cm³/mol. The minimum Gasteiger partial charge on any atom is -0.464 e. The molecular formula is C25H24ClN3O. The van der Waals surface area contributed by atoms with Crippen LogP contribution in [-0.2, 0) is 0 Å². The van der Waals surface area contributed by atoms with E-state index >= 15 is 0 Å². The molecule has 2 aliphatic rings. The highest BCUT2D eigenvalue weighted by molar-refractivity contribution is 6.30. The van der Waals surface area contributed by atoms with Gasteiger partial charge in [-0.05, 0) is 42.8 Å². The maximum Gasteiger partial charge on any atom is 0.213 e. The molecule has 0 aliphatic carbocycles. The van der Waals surface area contributed by atoms with Gasteiger partial charge in [0.05, 0.1) is 11.8 Å². The summed E-state index contributed by atoms with van der Waals surface area (Å²) in [6.07, 6.45) is 0.550. The van der Waals surface area contributed by atoms with Crippen LogP contribution in [0.3, 0.4) is 0 Å². The van der Waals surface area contributed by atoms with Gasteiger partial charge >= 0.3 is 0 Å². The number of fused-ring (bicyclic) bond motifs is 3. The van der Waals surface area contributed by atoms with E-state index in [0.29, 0.717) is 0 Å². The minimum atomic E-state index is -0.275. The van der Waals surface area contributed by atoms with Crippen LogP contribution in [0.5, 0.6) is 5.75 Å². The van der Waals surface area contributed by atoms with E-state index in [0.717, 1.165) is 45.3 Å². The number of nitrogens with zero attached hydrogens (tertiary/aromatic N) is 3. The Balaban J connectivity index is 1.57. The third-order valence-corrected chi connectivity index (χ3v) is 6.07. The van der Waals surface area contributed by atoms with Crippen LogP contribution in [0.2, 0.25) is 5.02 Å². The van der Waals surface area contributed by atoms with Crippen molar-refractivity contribution in [3.63, 3.8) is 0 Å². The van der Waals surface area contributed by atoms with Crippen molar-refractivity contribution in [1.82, 2.24) is 5.01 Å². The number of hydrogen-bond acceptors (Lipinski definition) is 4. The lowest BCUT2D eigenvalue weighted by Gasteiger charge is -2.38. The van der Waals surface area contributed by atoms with Gasteiger partial charge in [-0.3, -0.25) is 0 Å². The zero-order chi connectivity index (χ0) is 20.8. The first-order chi connectivity index (χ1) is 14.5. The Labute approximate surface area is 182 Å². The first-order valence-corrected chi connectivity index (χ1v) is 10.5. The molecule has 0 bridgehead atoms. The van der Waals surface area contributed by atoms with Gasteiger partial charge in [0.1, 0.15) is 5.75 Å². The molecule has 0 saturated heterocycles. The molecule has 0 N–H and O–H groups in total. The average molecular weight is 418 g/mol. The van der Waals surface area contributed by atoms with Crippen molar-refractivity contribution >= 4 is 23.0 Å². The monoisotopic (exact) mass is 417 g/mol. The minimum absolute atomic E-state index is 0.0993. The lowest BCUT2D eigenvalue weighted by atomic mass is 9.95. The Morgan fingerprint density at radius 3 is 2.43 bits per heavy atom. The second-order valence-electron chi connectivity index (χ2n) is 8.15. The van der Waals surface area contributed by atoms with E-state index in [2.05, 4.69) is 65.4 Å². The van der Waals surface area contributed by atoms with Crippen LogP contribution in [0.15, 0.2) is 71.8 Å². The fourth-order valence-electron chi connectivity index (χ4n) is 4.14. The van der Waals surface area contributed by atoms with Crippen molar-refractivity contribution in [2.45, 2.75) is 25.6 Å². The number of hydrazone groups is 1. The molecule has 4 nitrogen and oxygen atoms in total. The Hall–Kier alpha value is -2.98. The number of hydrogen-bond donors (Lipinski definition) is 0. The molecule has 0 aromatic heterocycles. The van der Waals surface area contributed by atoms with Gasteiger partial charge in [0.25, 0.3) is 0 Å². The summed E-state index contributed by atoms with van der Waals surface area (Å²) in [5.74, 6) is 0.877. The second-order valence-corrected chi connectivity index (χ2v) is 8.59. The Bertz CT molecular complexity index is 1110. The lowest BCUT2D eigenvalue weighted by molar-refractivity contribution is -0.0190. The predicted octanol–water partition coefficient (Wildman–Crippen LogP) is 5.96. The second kappa shape index (κ2) is 7.37. The van der Waals surface area contributed by atoms with Gasteiger partial charge in [-0.1, -0.05) is 53.6 Å². The molecule has 0 spiro atoms. The van der Waals surface area contributed by atoms with Crippen molar-refractivity contribution in [2.75, 3.05) is 19.0 Å². The highest BCUT2D eigenvalue weighted by Crippen LogP contribution is 2.48. The van der Waals surface area contributed by atoms with Crippen LogP contribution >= 0.6 is 11.6 Å². The summed E-state index contributed by atoms with van der Waals surface area (Å²) in [5.41, 5.74) is 6.80. The molecule has 3 aromatic carbocycles. The maximum absolute atomic E-state index is 6.44. The van der Waals surface area contributed by atoms with Gasteiger partial charge in [0.15, 0.2) is 0 Å². The van der Waals surface area contributed by atoms with Gasteiger partial charge in [0, 0.05) is 42.4 Å². The zero-order valence-electron chi connectivity index (χ0n) is 17.3. The Kier molecular flexibility index (Phi) is 4.67. The summed E-state index contributed by atoms with van der Waals surface area (Å²) in [4.78, 5) is 2.09. The third kappa shape index (κ3) is 3.31. The number of aryl methyl sites for hydroxylation is 1. The number of benzene rings is 3. The quantitative estimate of drug-likeness (QED) is 0.526. The van der Waals surface area contributed by atoms with E-state index in [9.17, 15) is 0 Å². The summed E-state index contributed by atoms with van der Waals surface area (Å²) in [7, 11) is 4.08. The Morgan fingerprint density at radius 2 is 1.73 bits per heavy atom. The molecule has 0 saturated carbocycles. The average Bonchev–Trinajstić information content (AvgIpc) is 3.19. The summed E-state index contributed by atoms with van der Waals surface area (Å²) < 4.78 is 6.44. The van der Waals surface area contributed by atoms with Crippen LogP contribution in [0.25, 0.3) is 0 Å². The van der Waals surface area contributed by atoms with Gasteiger partial charge < -0.3 is 9.64 Å². The van der Waals surface area contributed by atoms with E-state index in [4.69, 9.17) is 21.4 Å². The van der Waals surface area contributed by atoms with E-state index < -0.39 is 0 Å². The summed E-state index contributed by atoms with van der Waals surface area (Å²) >= 11 is 6.32. The van der Waals surface area contributed by atoms with Gasteiger partial charge in [-0.2, -0.15) is 5.10 Å². The van der Waals surface area contributed by atoms with E-state index in [-0.39, 0.29) is 12.3 Å². The topological polar surface area (TPSA) is 28.1 Å². The zero-order valence-corrected chi connectivity index (χ0v) is 18.1. The molecule has 30 heavy (non-hydrogen) atoms. The van der Waals surface area contributed by atoms with Crippen LogP contribution in [0.1, 0.15) is 40.9 Å². The van der Waals surface area contributed by atoms with Gasteiger partial charge in [-0.15, -0.1) is 0 Å². The maximum atomic E-state index is 6.44. The van der Waals surface area contributed by atoms with Crippen LogP contribution < -0.4 is 9.64 Å². The van der Waals surface area contributed by atoms with Crippen LogP contribution in [0.4, 0.5) is 5.69 Å². The van der Waals surface area contributed by atoms with Gasteiger partial charge in [0.2, 0.25) is 6.23 Å². The molecule has 3 aromatic rings. The summed E-state index contributed by atoms with van der Waals surface area (Å²) in [6, 6.07) is 23.0. The number of ether oxygens (including phenoxy) is 1. The first kappa shape index (κ1) is 19.0. The molecule has 0 fully saturated rings. The van der Waals surface area contributed by atoms with Crippen LogP contribution in [0, 0.1) is 6.92 Å². The molecule has 152 valence electrons. The van der Waals surface area contributed by atoms with Gasteiger partial charge in [-0.25, -0.2) is 5.01 Å². The fraction of sp³-hybridized carbons (Fsp3) is 0.240. The van der Waals surface area contributed by atoms with Crippen molar-refractivity contribution in [3.05, 3.63) is 94.0 Å². The first-order valence-electron chi connectivity index (χ1n) is 10.2. The number of halogens is 1. The van der Waals surface area contributed by atoms with Crippen molar-refractivity contribution in [2.24, 2.45) is 5.10 Å². The number of anilines is 1. The highest BCUT2D eigenvalue weighted by atomic mass is 35.5. The normalized spacial score (nSPS) is 19.6. The summed E-state index contributed by atoms with van der Waals surface area (Å²) in [6.45, 7) is 2.10. The molecule has 2 aliphatic heterocycles. The van der Waals surface area contributed by atoms with E-state index in [1.807, 2.05) is 32.3 Å². The molecule has 5 heteroatoms. The summed E-state index contributed by atoms with van der Waals surface area (Å²) in [5, 5.41) is 7.84. The lowest BCUT2D eigenvalue weighted by Crippen LogP contribution is -2.33. The smallest absolute Gasteiger partial charge is 0.213 e. The SMILES string of the molecule is Cc1ccc(C2=NN3[C@H](C2)c2cc(Cl)ccc2O[C@H]3c2ccc(N(C)C)cc2)cc1. The molecule has 0 radical (unpaired) electrons. The van der Waals surface area contributed by atoms with E-state index in [1.54, 1.807) is 0 Å². The molecule has 2 atom stereocenters. The standard InChI is InChI=1S/C25H24ClN3O/c1-16-4-6-17(7-5-16)22-15-23-21-14-19(26)10-13-24(21)30-25(29(23)27-22)18-8-11-20(12-9-18)28(2)3/h4-14,23,25H,15H2,1-3H3/t23-,25+/m1/s1.